The molecule has 2 atom stereocenters. The second-order valence-corrected chi connectivity index (χ2v) is 8.56. The number of benzene rings is 2. The molecule has 1 aliphatic heterocycles. The number of ether oxygens (including phenoxy) is 1. The average molecular weight is 406 g/mol. The monoisotopic (exact) mass is 405 g/mol. The summed E-state index contributed by atoms with van der Waals surface area (Å²) < 4.78 is 7.45. The molecule has 0 spiro atoms. The molecule has 1 saturated heterocycles. The van der Waals surface area contributed by atoms with Crippen molar-refractivity contribution in [1.29, 1.82) is 5.26 Å². The summed E-state index contributed by atoms with van der Waals surface area (Å²) in [6, 6.07) is 18.0. The number of fused-ring (bicyclic) bond motifs is 1. The van der Waals surface area contributed by atoms with Gasteiger partial charge < -0.3 is 4.74 Å². The molecular weight excluding hydrogens is 382 g/mol. The molecule has 1 fully saturated rings. The highest BCUT2D eigenvalue weighted by Gasteiger charge is 2.22. The third-order valence-electron chi connectivity index (χ3n) is 5.17. The van der Waals surface area contributed by atoms with Gasteiger partial charge in [0.2, 0.25) is 0 Å². The Morgan fingerprint density at radius 2 is 2.07 bits per heavy atom. The van der Waals surface area contributed by atoms with Crippen molar-refractivity contribution in [2.45, 2.75) is 49.2 Å². The van der Waals surface area contributed by atoms with Gasteiger partial charge >= 0.3 is 0 Å². The number of nitrogens with zero attached hydrogens (tertiary/aromatic N) is 3. The number of hydrogen-bond donors (Lipinski definition) is 0. The largest absolute Gasteiger partial charge is 0.376 e. The van der Waals surface area contributed by atoms with Crippen molar-refractivity contribution in [3.05, 3.63) is 70.0 Å². The molecule has 6 heteroatoms. The maximum Gasteiger partial charge on any atom is 0.262 e. The van der Waals surface area contributed by atoms with Crippen LogP contribution in [0.25, 0.3) is 10.9 Å². The van der Waals surface area contributed by atoms with Crippen LogP contribution in [0.4, 0.5) is 0 Å². The summed E-state index contributed by atoms with van der Waals surface area (Å²) in [7, 11) is 0. The maximum absolute atomic E-state index is 13.2. The second kappa shape index (κ2) is 8.81. The zero-order valence-corrected chi connectivity index (χ0v) is 17.2. The first-order valence-corrected chi connectivity index (χ1v) is 10.7. The Bertz CT molecular complexity index is 1100. The molecule has 2 heterocycles. The second-order valence-electron chi connectivity index (χ2n) is 7.39. The summed E-state index contributed by atoms with van der Waals surface area (Å²) in [5.41, 5.74) is 2.89. The van der Waals surface area contributed by atoms with Crippen LogP contribution in [-0.4, -0.2) is 27.5 Å². The summed E-state index contributed by atoms with van der Waals surface area (Å²) in [6.07, 6.45) is 2.57. The van der Waals surface area contributed by atoms with Crippen LogP contribution in [0, 0.1) is 18.3 Å². The Balaban J connectivity index is 1.67. The molecule has 0 bridgehead atoms. The van der Waals surface area contributed by atoms with E-state index in [2.05, 4.69) is 18.2 Å². The standard InChI is InChI=1S/C23H23N3O2S/c1-16-8-10-17(11-9-16)13-19(14-24)29-23-25-21-7-3-2-6-20(21)22(27)26(23)15-18-5-4-12-28-18/h2-3,6-11,18-19H,4-5,12-13,15H2,1H3/t18-,19-/m1/s1. The number of para-hydroxylation sites is 1. The number of thioether (sulfide) groups is 1. The van der Waals surface area contributed by atoms with Gasteiger partial charge in [0, 0.05) is 6.61 Å². The molecule has 0 amide bonds. The summed E-state index contributed by atoms with van der Waals surface area (Å²) in [6.45, 7) is 3.25. The lowest BCUT2D eigenvalue weighted by atomic mass is 10.1. The van der Waals surface area contributed by atoms with Crippen molar-refractivity contribution >= 4 is 22.7 Å². The van der Waals surface area contributed by atoms with E-state index in [1.54, 1.807) is 10.6 Å². The highest BCUT2D eigenvalue weighted by molar-refractivity contribution is 8.00. The lowest BCUT2D eigenvalue weighted by molar-refractivity contribution is 0.0937. The van der Waals surface area contributed by atoms with E-state index in [4.69, 9.17) is 9.72 Å². The Kier molecular flexibility index (Phi) is 5.98. The summed E-state index contributed by atoms with van der Waals surface area (Å²) in [5.74, 6) is 0. The van der Waals surface area contributed by atoms with Gasteiger partial charge in [-0.05, 0) is 43.9 Å². The van der Waals surface area contributed by atoms with E-state index in [0.717, 1.165) is 25.0 Å². The van der Waals surface area contributed by atoms with Gasteiger partial charge in [0.05, 0.1) is 29.6 Å². The SMILES string of the molecule is Cc1ccc(C[C@H](C#N)Sc2nc3ccccc3c(=O)n2C[C@H]2CCCO2)cc1. The van der Waals surface area contributed by atoms with E-state index in [9.17, 15) is 10.1 Å². The normalized spacial score (nSPS) is 17.3. The van der Waals surface area contributed by atoms with E-state index in [0.29, 0.717) is 29.0 Å². The Morgan fingerprint density at radius 1 is 1.28 bits per heavy atom. The first-order chi connectivity index (χ1) is 14.1. The van der Waals surface area contributed by atoms with Gasteiger partial charge in [-0.3, -0.25) is 9.36 Å². The van der Waals surface area contributed by atoms with Gasteiger partial charge in [0.25, 0.3) is 5.56 Å². The van der Waals surface area contributed by atoms with Crippen LogP contribution in [-0.2, 0) is 17.7 Å². The molecule has 0 N–H and O–H groups in total. The highest BCUT2D eigenvalue weighted by Crippen LogP contribution is 2.26. The molecule has 0 aliphatic carbocycles. The first kappa shape index (κ1) is 19.7. The predicted octanol–water partition coefficient (Wildman–Crippen LogP) is 4.11. The van der Waals surface area contributed by atoms with Gasteiger partial charge in [-0.15, -0.1) is 0 Å². The van der Waals surface area contributed by atoms with Crippen LogP contribution in [0.15, 0.2) is 58.5 Å². The summed E-state index contributed by atoms with van der Waals surface area (Å²) in [5, 5.41) is 10.6. The van der Waals surface area contributed by atoms with Gasteiger partial charge in [0.1, 0.15) is 5.25 Å². The minimum Gasteiger partial charge on any atom is -0.376 e. The van der Waals surface area contributed by atoms with E-state index in [-0.39, 0.29) is 16.9 Å². The number of hydrogen-bond acceptors (Lipinski definition) is 5. The predicted molar refractivity (Wildman–Crippen MR) is 115 cm³/mol. The number of aromatic nitrogens is 2. The van der Waals surface area contributed by atoms with E-state index in [1.807, 2.05) is 37.3 Å². The quantitative estimate of drug-likeness (QED) is 0.456. The molecular formula is C23H23N3O2S. The van der Waals surface area contributed by atoms with Crippen LogP contribution in [0.5, 0.6) is 0 Å². The van der Waals surface area contributed by atoms with Crippen molar-refractivity contribution in [2.75, 3.05) is 6.61 Å². The van der Waals surface area contributed by atoms with Gasteiger partial charge in [-0.25, -0.2) is 4.98 Å². The summed E-state index contributed by atoms with van der Waals surface area (Å²) in [4.78, 5) is 17.9. The number of aryl methyl sites for hydroxylation is 1. The molecule has 1 aromatic heterocycles. The zero-order valence-electron chi connectivity index (χ0n) is 16.4. The van der Waals surface area contributed by atoms with Crippen molar-refractivity contribution in [3.63, 3.8) is 0 Å². The van der Waals surface area contributed by atoms with E-state index < -0.39 is 0 Å². The third-order valence-corrected chi connectivity index (χ3v) is 6.25. The average Bonchev–Trinajstić information content (AvgIpc) is 3.25. The molecule has 148 valence electrons. The van der Waals surface area contributed by atoms with Crippen molar-refractivity contribution < 1.29 is 4.74 Å². The molecule has 0 unspecified atom stereocenters. The fourth-order valence-electron chi connectivity index (χ4n) is 3.57. The van der Waals surface area contributed by atoms with Crippen LogP contribution in [0.3, 0.4) is 0 Å². The van der Waals surface area contributed by atoms with Crippen LogP contribution < -0.4 is 5.56 Å². The van der Waals surface area contributed by atoms with Crippen molar-refractivity contribution in [2.24, 2.45) is 0 Å². The Labute approximate surface area is 174 Å². The maximum atomic E-state index is 13.2. The van der Waals surface area contributed by atoms with E-state index in [1.165, 1.54) is 17.3 Å². The topological polar surface area (TPSA) is 67.9 Å². The van der Waals surface area contributed by atoms with Gasteiger partial charge in [-0.2, -0.15) is 5.26 Å². The lowest BCUT2D eigenvalue weighted by Gasteiger charge is -2.18. The lowest BCUT2D eigenvalue weighted by Crippen LogP contribution is -2.29. The zero-order chi connectivity index (χ0) is 20.2. The van der Waals surface area contributed by atoms with Gasteiger partial charge in [0.15, 0.2) is 5.16 Å². The molecule has 0 saturated carbocycles. The number of rotatable bonds is 6. The minimum absolute atomic E-state index is 0.0210. The molecule has 5 nitrogen and oxygen atoms in total. The van der Waals surface area contributed by atoms with Crippen molar-refractivity contribution in [1.82, 2.24) is 9.55 Å². The van der Waals surface area contributed by atoms with Gasteiger partial charge in [-0.1, -0.05) is 53.7 Å². The molecule has 29 heavy (non-hydrogen) atoms. The third kappa shape index (κ3) is 4.52. The molecule has 2 aromatic carbocycles. The summed E-state index contributed by atoms with van der Waals surface area (Å²) >= 11 is 1.36. The fourth-order valence-corrected chi connectivity index (χ4v) is 4.59. The van der Waals surface area contributed by atoms with Crippen LogP contribution in [0.1, 0.15) is 24.0 Å². The molecule has 3 aromatic rings. The van der Waals surface area contributed by atoms with Crippen LogP contribution in [0.2, 0.25) is 0 Å². The van der Waals surface area contributed by atoms with E-state index >= 15 is 0 Å². The van der Waals surface area contributed by atoms with Crippen LogP contribution >= 0.6 is 11.8 Å². The number of nitriles is 1. The minimum atomic E-state index is -0.332. The first-order valence-electron chi connectivity index (χ1n) is 9.87. The smallest absolute Gasteiger partial charge is 0.262 e. The van der Waals surface area contributed by atoms with Crippen molar-refractivity contribution in [3.8, 4) is 6.07 Å². The Hall–Kier alpha value is -2.62. The molecule has 4 rings (SSSR count). The Morgan fingerprint density at radius 3 is 2.79 bits per heavy atom. The molecule has 1 aliphatic rings. The molecule has 0 radical (unpaired) electrons. The fraction of sp³-hybridized carbons (Fsp3) is 0.348. The highest BCUT2D eigenvalue weighted by atomic mass is 32.2.